The number of carboxylic acid groups (broad SMARTS) is 1. The number of amides is 2. The molecule has 0 bridgehead atoms. The number of hydroxylamine groups is 1. The van der Waals surface area contributed by atoms with Crippen LogP contribution in [0, 0.1) is 6.92 Å². The maximum atomic E-state index is 11.7. The summed E-state index contributed by atoms with van der Waals surface area (Å²) in [5.41, 5.74) is 3.71. The van der Waals surface area contributed by atoms with Crippen molar-refractivity contribution in [3.63, 3.8) is 0 Å². The van der Waals surface area contributed by atoms with E-state index in [2.05, 4.69) is 15.3 Å². The highest BCUT2D eigenvalue weighted by Crippen LogP contribution is 2.03. The van der Waals surface area contributed by atoms with Crippen molar-refractivity contribution in [2.75, 3.05) is 13.2 Å². The topological polar surface area (TPSA) is 91.8 Å². The third-order valence-corrected chi connectivity index (χ3v) is 2.32. The lowest BCUT2D eigenvalue weighted by Crippen LogP contribution is -2.40. The molecule has 0 saturated heterocycles. The fraction of sp³-hybridized carbons (Fsp3) is 0.417. The molecule has 2 N–H and O–H groups in total. The minimum atomic E-state index is -1.15. The molecule has 2 amide bonds. The molecule has 0 aliphatic heterocycles. The molecule has 0 unspecified atom stereocenters. The van der Waals surface area contributed by atoms with Crippen LogP contribution in [0.5, 0.6) is 0 Å². The van der Waals surface area contributed by atoms with E-state index in [-0.39, 0.29) is 0 Å². The van der Waals surface area contributed by atoms with E-state index >= 15 is 0 Å². The smallest absolute Gasteiger partial charge is 0.341 e. The molecule has 0 aliphatic rings. The Balaban J connectivity index is 2.52. The van der Waals surface area contributed by atoms with Crippen molar-refractivity contribution >= 4 is 12.0 Å². The monoisotopic (exact) mass is 267 g/mol. The van der Waals surface area contributed by atoms with Crippen molar-refractivity contribution in [3.05, 3.63) is 29.6 Å². The first-order chi connectivity index (χ1) is 9.02. The Bertz CT molecular complexity index is 450. The lowest BCUT2D eigenvalue weighted by molar-refractivity contribution is -0.144. The zero-order valence-corrected chi connectivity index (χ0v) is 10.9. The van der Waals surface area contributed by atoms with E-state index in [4.69, 9.17) is 5.11 Å². The summed E-state index contributed by atoms with van der Waals surface area (Å²) < 4.78 is 0. The predicted molar refractivity (Wildman–Crippen MR) is 67.2 cm³/mol. The zero-order valence-electron chi connectivity index (χ0n) is 10.9. The molecule has 0 fully saturated rings. The number of urea groups is 1. The highest BCUT2D eigenvalue weighted by molar-refractivity contribution is 5.73. The molecule has 0 spiro atoms. The van der Waals surface area contributed by atoms with Gasteiger partial charge in [-0.3, -0.25) is 9.82 Å². The lowest BCUT2D eigenvalue weighted by atomic mass is 10.3. The fourth-order valence-corrected chi connectivity index (χ4v) is 1.43. The van der Waals surface area contributed by atoms with Gasteiger partial charge in [0, 0.05) is 12.2 Å². The number of rotatable bonds is 6. The van der Waals surface area contributed by atoms with Crippen LogP contribution >= 0.6 is 0 Å². The van der Waals surface area contributed by atoms with Gasteiger partial charge < -0.3 is 10.0 Å². The largest absolute Gasteiger partial charge is 0.479 e. The van der Waals surface area contributed by atoms with Crippen molar-refractivity contribution in [3.8, 4) is 0 Å². The van der Waals surface area contributed by atoms with Crippen LogP contribution < -0.4 is 5.48 Å². The quantitative estimate of drug-likeness (QED) is 0.748. The average molecular weight is 267 g/mol. The van der Waals surface area contributed by atoms with Crippen LogP contribution in [-0.4, -0.2) is 40.1 Å². The van der Waals surface area contributed by atoms with Crippen LogP contribution in [0.3, 0.4) is 0 Å². The summed E-state index contributed by atoms with van der Waals surface area (Å²) in [6, 6.07) is 5.06. The van der Waals surface area contributed by atoms with Crippen molar-refractivity contribution in [2.45, 2.75) is 20.4 Å². The van der Waals surface area contributed by atoms with Crippen molar-refractivity contribution in [1.82, 2.24) is 15.4 Å². The zero-order chi connectivity index (χ0) is 14.3. The van der Waals surface area contributed by atoms with Gasteiger partial charge in [0.2, 0.25) is 0 Å². The molecule has 1 rings (SSSR count). The second kappa shape index (κ2) is 7.32. The number of carboxylic acids is 1. The SMILES string of the molecule is CCN(Cc1cccc(C)n1)C(=O)NOCC(=O)O. The summed E-state index contributed by atoms with van der Waals surface area (Å²) in [7, 11) is 0. The minimum Gasteiger partial charge on any atom is -0.479 e. The van der Waals surface area contributed by atoms with E-state index in [1.54, 1.807) is 0 Å². The maximum absolute atomic E-state index is 11.7. The van der Waals surface area contributed by atoms with Gasteiger partial charge in [0.05, 0.1) is 12.2 Å². The van der Waals surface area contributed by atoms with Gasteiger partial charge in [-0.15, -0.1) is 0 Å². The van der Waals surface area contributed by atoms with Crippen LogP contribution in [-0.2, 0) is 16.2 Å². The van der Waals surface area contributed by atoms with E-state index in [0.29, 0.717) is 13.1 Å². The van der Waals surface area contributed by atoms with Crippen LogP contribution in [0.1, 0.15) is 18.3 Å². The molecule has 0 aliphatic carbocycles. The molecular weight excluding hydrogens is 250 g/mol. The Labute approximate surface area is 111 Å². The number of nitrogens with one attached hydrogen (secondary N) is 1. The van der Waals surface area contributed by atoms with Gasteiger partial charge in [-0.25, -0.2) is 15.1 Å². The Morgan fingerprint density at radius 1 is 1.47 bits per heavy atom. The number of aliphatic carboxylic acids is 1. The Morgan fingerprint density at radius 3 is 2.79 bits per heavy atom. The number of pyridine rings is 1. The number of nitrogens with zero attached hydrogens (tertiary/aromatic N) is 2. The maximum Gasteiger partial charge on any atom is 0.341 e. The first-order valence-corrected chi connectivity index (χ1v) is 5.84. The van der Waals surface area contributed by atoms with Crippen LogP contribution in [0.2, 0.25) is 0 Å². The van der Waals surface area contributed by atoms with Gasteiger partial charge in [0.15, 0.2) is 6.61 Å². The summed E-state index contributed by atoms with van der Waals surface area (Å²) in [5, 5.41) is 8.39. The summed E-state index contributed by atoms with van der Waals surface area (Å²) in [6.45, 7) is 3.90. The van der Waals surface area contributed by atoms with Crippen LogP contribution in [0.25, 0.3) is 0 Å². The number of carbonyl (C=O) groups excluding carboxylic acids is 1. The number of aromatic nitrogens is 1. The third-order valence-electron chi connectivity index (χ3n) is 2.32. The molecule has 0 atom stereocenters. The highest BCUT2D eigenvalue weighted by Gasteiger charge is 2.13. The van der Waals surface area contributed by atoms with Crippen LogP contribution in [0.15, 0.2) is 18.2 Å². The molecule has 7 heteroatoms. The normalized spacial score (nSPS) is 10.0. The van der Waals surface area contributed by atoms with Gasteiger partial charge >= 0.3 is 12.0 Å². The van der Waals surface area contributed by atoms with E-state index in [1.807, 2.05) is 32.0 Å². The molecule has 0 aromatic carbocycles. The Morgan fingerprint density at radius 2 is 2.21 bits per heavy atom. The lowest BCUT2D eigenvalue weighted by Gasteiger charge is -2.20. The number of hydrogen-bond donors (Lipinski definition) is 2. The second-order valence-corrected chi connectivity index (χ2v) is 3.87. The molecule has 1 heterocycles. The van der Waals surface area contributed by atoms with E-state index in [1.165, 1.54) is 4.90 Å². The highest BCUT2D eigenvalue weighted by atomic mass is 16.7. The van der Waals surface area contributed by atoms with Crippen LogP contribution in [0.4, 0.5) is 4.79 Å². The Kier molecular flexibility index (Phi) is 5.74. The van der Waals surface area contributed by atoms with Gasteiger partial charge in [-0.1, -0.05) is 6.07 Å². The fourth-order valence-electron chi connectivity index (χ4n) is 1.43. The van der Waals surface area contributed by atoms with E-state index in [9.17, 15) is 9.59 Å². The second-order valence-electron chi connectivity index (χ2n) is 3.87. The number of carbonyl (C=O) groups is 2. The summed E-state index contributed by atoms with van der Waals surface area (Å²) in [6.07, 6.45) is 0. The van der Waals surface area contributed by atoms with E-state index in [0.717, 1.165) is 11.4 Å². The Hall–Kier alpha value is -2.15. The van der Waals surface area contributed by atoms with Gasteiger partial charge in [0.1, 0.15) is 0 Å². The summed E-state index contributed by atoms with van der Waals surface area (Å²) in [5.74, 6) is -1.15. The van der Waals surface area contributed by atoms with Crippen molar-refractivity contribution in [2.24, 2.45) is 0 Å². The standard InChI is InChI=1S/C12H17N3O4/c1-3-15(12(18)14-19-8-11(16)17)7-10-6-4-5-9(2)13-10/h4-6H,3,7-8H2,1-2H3,(H,14,18)(H,16,17). The molecule has 0 saturated carbocycles. The van der Waals surface area contributed by atoms with Gasteiger partial charge in [0.25, 0.3) is 0 Å². The van der Waals surface area contributed by atoms with E-state index < -0.39 is 18.6 Å². The van der Waals surface area contributed by atoms with Gasteiger partial charge in [-0.05, 0) is 26.0 Å². The number of hydrogen-bond acceptors (Lipinski definition) is 4. The summed E-state index contributed by atoms with van der Waals surface area (Å²) >= 11 is 0. The third kappa shape index (κ3) is 5.35. The minimum absolute atomic E-state index is 0.334. The molecule has 0 radical (unpaired) electrons. The molecule has 7 nitrogen and oxygen atoms in total. The number of aryl methyl sites for hydroxylation is 1. The first kappa shape index (κ1) is 14.9. The first-order valence-electron chi connectivity index (χ1n) is 5.84. The molecule has 104 valence electrons. The molecular formula is C12H17N3O4. The molecule has 19 heavy (non-hydrogen) atoms. The average Bonchev–Trinajstić information content (AvgIpc) is 2.35. The summed E-state index contributed by atoms with van der Waals surface area (Å²) in [4.78, 5) is 32.3. The molecule has 1 aromatic rings. The van der Waals surface area contributed by atoms with Crippen molar-refractivity contribution in [1.29, 1.82) is 0 Å². The van der Waals surface area contributed by atoms with Gasteiger partial charge in [-0.2, -0.15) is 0 Å². The predicted octanol–water partition coefficient (Wildman–Crippen LogP) is 0.938. The van der Waals surface area contributed by atoms with Crippen molar-refractivity contribution < 1.29 is 19.5 Å². The molecule has 1 aromatic heterocycles.